The van der Waals surface area contributed by atoms with Gasteiger partial charge in [0.05, 0.1) is 22.0 Å². The molecule has 13 heteroatoms. The number of hydrogen-bond donors (Lipinski definition) is 2. The molecule has 2 amide bonds. The molecule has 0 unspecified atom stereocenters. The molecule has 0 aliphatic heterocycles. The van der Waals surface area contributed by atoms with Crippen molar-refractivity contribution in [3.63, 3.8) is 0 Å². The standard InChI is InChI=1S/C28H32N4O8S/c1-27(2,3)40-26(35)30-14-21(25(34)31-23-12-20-8-11-29-15-22(20)41-23)19-6-4-18(5-7-19)16-38-24(33)13-28(9-10-28)17-39-32(36)37/h4-8,11-12,15,21H,9-10,13-14,16-17H2,1-3H3,(H,30,35)(H,31,34)/t21-/m1/s1. The van der Waals surface area contributed by atoms with Crippen molar-refractivity contribution < 1.29 is 33.8 Å². The fourth-order valence-corrected chi connectivity index (χ4v) is 5.05. The highest BCUT2D eigenvalue weighted by Gasteiger charge is 2.46. The average Bonchev–Trinajstić information content (AvgIpc) is 3.54. The maximum absolute atomic E-state index is 13.4. The van der Waals surface area contributed by atoms with Crippen molar-refractivity contribution >= 4 is 44.4 Å². The molecular formula is C28H32N4O8S. The lowest BCUT2D eigenvalue weighted by Gasteiger charge is -2.22. The molecule has 3 aromatic rings. The average molecular weight is 585 g/mol. The number of anilines is 1. The number of rotatable bonds is 12. The Morgan fingerprint density at radius 3 is 2.54 bits per heavy atom. The van der Waals surface area contributed by atoms with Gasteiger partial charge in [0.1, 0.15) is 18.8 Å². The lowest BCUT2D eigenvalue weighted by Crippen LogP contribution is -2.37. The van der Waals surface area contributed by atoms with Gasteiger partial charge in [0.2, 0.25) is 5.91 Å². The van der Waals surface area contributed by atoms with Crippen LogP contribution in [0.15, 0.2) is 48.8 Å². The van der Waals surface area contributed by atoms with Crippen molar-refractivity contribution in [3.8, 4) is 0 Å². The van der Waals surface area contributed by atoms with Crippen LogP contribution >= 0.6 is 11.3 Å². The number of nitrogens with one attached hydrogen (secondary N) is 2. The van der Waals surface area contributed by atoms with Crippen molar-refractivity contribution in [3.05, 3.63) is 70.0 Å². The minimum absolute atomic E-state index is 0.00413. The van der Waals surface area contributed by atoms with Crippen molar-refractivity contribution in [2.24, 2.45) is 5.41 Å². The number of aromatic nitrogens is 1. The van der Waals surface area contributed by atoms with Crippen molar-refractivity contribution in [2.75, 3.05) is 18.5 Å². The zero-order valence-corrected chi connectivity index (χ0v) is 23.8. The molecule has 1 aliphatic rings. The number of carbonyl (C=O) groups is 3. The molecule has 2 heterocycles. The summed E-state index contributed by atoms with van der Waals surface area (Å²) in [5.74, 6) is -1.51. The van der Waals surface area contributed by atoms with Gasteiger partial charge in [0.25, 0.3) is 5.09 Å². The fourth-order valence-electron chi connectivity index (χ4n) is 4.12. The number of nitrogens with zero attached hydrogens (tertiary/aromatic N) is 2. The second kappa shape index (κ2) is 12.5. The van der Waals surface area contributed by atoms with Crippen LogP contribution in [0, 0.1) is 15.5 Å². The van der Waals surface area contributed by atoms with Gasteiger partial charge in [-0.25, -0.2) is 4.79 Å². The summed E-state index contributed by atoms with van der Waals surface area (Å²) in [7, 11) is 0. The van der Waals surface area contributed by atoms with E-state index in [0.717, 1.165) is 10.1 Å². The highest BCUT2D eigenvalue weighted by Crippen LogP contribution is 2.49. The van der Waals surface area contributed by atoms with Gasteiger partial charge >= 0.3 is 12.1 Å². The number of esters is 1. The molecule has 12 nitrogen and oxygen atoms in total. The van der Waals surface area contributed by atoms with E-state index in [2.05, 4.69) is 20.5 Å². The zero-order valence-electron chi connectivity index (χ0n) is 23.0. The molecule has 0 radical (unpaired) electrons. The second-order valence-electron chi connectivity index (χ2n) is 11.0. The molecule has 2 N–H and O–H groups in total. The number of hydrogen-bond acceptors (Lipinski definition) is 10. The van der Waals surface area contributed by atoms with E-state index in [4.69, 9.17) is 9.47 Å². The Labute approximate surface area is 240 Å². The molecule has 0 spiro atoms. The van der Waals surface area contributed by atoms with Crippen LogP contribution in [0.25, 0.3) is 10.1 Å². The van der Waals surface area contributed by atoms with E-state index < -0.39 is 34.1 Å². The first kappa shape index (κ1) is 29.7. The van der Waals surface area contributed by atoms with Crippen molar-refractivity contribution in [1.82, 2.24) is 10.3 Å². The van der Waals surface area contributed by atoms with Gasteiger partial charge in [0, 0.05) is 24.4 Å². The summed E-state index contributed by atoms with van der Waals surface area (Å²) in [4.78, 5) is 57.0. The smallest absolute Gasteiger partial charge is 0.407 e. The summed E-state index contributed by atoms with van der Waals surface area (Å²) in [6.07, 6.45) is 4.16. The molecule has 4 rings (SSSR count). The van der Waals surface area contributed by atoms with Crippen molar-refractivity contribution in [2.45, 2.75) is 58.2 Å². The van der Waals surface area contributed by atoms with Crippen molar-refractivity contribution in [1.29, 1.82) is 0 Å². The maximum Gasteiger partial charge on any atom is 0.407 e. The summed E-state index contributed by atoms with van der Waals surface area (Å²) in [5, 5.41) is 16.8. The van der Waals surface area contributed by atoms with Crippen LogP contribution in [0.2, 0.25) is 0 Å². The Kier molecular flexibility index (Phi) is 9.06. The Balaban J connectivity index is 1.39. The monoisotopic (exact) mass is 584 g/mol. The van der Waals surface area contributed by atoms with Crippen LogP contribution in [0.5, 0.6) is 0 Å². The summed E-state index contributed by atoms with van der Waals surface area (Å²) < 4.78 is 11.6. The third kappa shape index (κ3) is 8.87. The first-order valence-corrected chi connectivity index (χ1v) is 13.9. The third-order valence-electron chi connectivity index (χ3n) is 6.47. The zero-order chi connectivity index (χ0) is 29.6. The lowest BCUT2D eigenvalue weighted by atomic mass is 9.97. The summed E-state index contributed by atoms with van der Waals surface area (Å²) in [6, 6.07) is 10.7. The number of pyridine rings is 1. The van der Waals surface area contributed by atoms with Crippen LogP contribution in [0.3, 0.4) is 0 Å². The van der Waals surface area contributed by atoms with Gasteiger partial charge in [-0.2, -0.15) is 0 Å². The molecule has 218 valence electrons. The quantitative estimate of drug-likeness (QED) is 0.170. The number of fused-ring (bicyclic) bond motifs is 1. The van der Waals surface area contributed by atoms with E-state index in [1.807, 2.05) is 12.1 Å². The molecule has 1 aliphatic carbocycles. The molecule has 0 bridgehead atoms. The number of ether oxygens (including phenoxy) is 2. The van der Waals surface area contributed by atoms with Crippen LogP contribution < -0.4 is 10.6 Å². The third-order valence-corrected chi connectivity index (χ3v) is 7.47. The largest absolute Gasteiger partial charge is 0.461 e. The van der Waals surface area contributed by atoms with E-state index >= 15 is 0 Å². The first-order chi connectivity index (χ1) is 19.4. The molecular weight excluding hydrogens is 552 g/mol. The SMILES string of the molecule is CC(C)(C)OC(=O)NC[C@@H](C(=O)Nc1cc2ccncc2s1)c1ccc(COC(=O)CC2(CO[N+](=O)[O-])CC2)cc1. The first-order valence-electron chi connectivity index (χ1n) is 13.0. The van der Waals surface area contributed by atoms with Crippen LogP contribution in [0.4, 0.5) is 9.80 Å². The molecule has 41 heavy (non-hydrogen) atoms. The minimum atomic E-state index is -0.858. The van der Waals surface area contributed by atoms with Crippen LogP contribution in [-0.4, -0.2) is 46.8 Å². The number of carbonyl (C=O) groups excluding carboxylic acids is 3. The van der Waals surface area contributed by atoms with E-state index in [1.165, 1.54) is 11.3 Å². The number of amides is 2. The molecule has 1 aromatic carbocycles. The highest BCUT2D eigenvalue weighted by molar-refractivity contribution is 7.22. The minimum Gasteiger partial charge on any atom is -0.461 e. The predicted molar refractivity (Wildman–Crippen MR) is 151 cm³/mol. The van der Waals surface area contributed by atoms with Gasteiger partial charge < -0.3 is 24.9 Å². The molecule has 0 saturated heterocycles. The Hall–Kier alpha value is -4.26. The number of thiophene rings is 1. The molecule has 2 aromatic heterocycles. The fraction of sp³-hybridized carbons (Fsp3) is 0.429. The molecule has 1 saturated carbocycles. The van der Waals surface area contributed by atoms with E-state index in [1.54, 1.807) is 57.4 Å². The van der Waals surface area contributed by atoms with Gasteiger partial charge in [-0.3, -0.25) is 14.6 Å². The predicted octanol–water partition coefficient (Wildman–Crippen LogP) is 4.97. The Bertz CT molecular complexity index is 1380. The van der Waals surface area contributed by atoms with Gasteiger partial charge in [-0.05, 0) is 62.3 Å². The van der Waals surface area contributed by atoms with Gasteiger partial charge in [0.15, 0.2) is 0 Å². The Morgan fingerprint density at radius 2 is 1.90 bits per heavy atom. The second-order valence-corrected chi connectivity index (χ2v) is 12.1. The highest BCUT2D eigenvalue weighted by atomic mass is 32.1. The van der Waals surface area contributed by atoms with E-state index in [0.29, 0.717) is 29.0 Å². The lowest BCUT2D eigenvalue weighted by molar-refractivity contribution is -0.759. The van der Waals surface area contributed by atoms with Gasteiger partial charge in [-0.15, -0.1) is 21.5 Å². The van der Waals surface area contributed by atoms with Crippen LogP contribution in [-0.2, 0) is 30.5 Å². The van der Waals surface area contributed by atoms with Crippen LogP contribution in [0.1, 0.15) is 57.1 Å². The van der Waals surface area contributed by atoms with E-state index in [9.17, 15) is 24.5 Å². The van der Waals surface area contributed by atoms with Gasteiger partial charge in [-0.1, -0.05) is 24.3 Å². The summed E-state index contributed by atoms with van der Waals surface area (Å²) in [6.45, 7) is 5.14. The topological polar surface area (TPSA) is 159 Å². The Morgan fingerprint density at radius 1 is 1.17 bits per heavy atom. The number of alkyl carbamates (subject to hydrolysis) is 1. The summed E-state index contributed by atoms with van der Waals surface area (Å²) >= 11 is 1.40. The van der Waals surface area contributed by atoms with E-state index in [-0.39, 0.29) is 32.1 Å². The normalized spacial score (nSPS) is 14.5. The molecule has 1 fully saturated rings. The number of benzene rings is 1. The summed E-state index contributed by atoms with van der Waals surface area (Å²) in [5.41, 5.74) is 0.126. The molecule has 1 atom stereocenters. The maximum atomic E-state index is 13.4.